The third-order valence-electron chi connectivity index (χ3n) is 6.73. The van der Waals surface area contributed by atoms with Crippen molar-refractivity contribution in [3.05, 3.63) is 52.4 Å². The van der Waals surface area contributed by atoms with Gasteiger partial charge in [-0.3, -0.25) is 4.55 Å². The number of fused-ring (bicyclic) bond motifs is 2. The Morgan fingerprint density at radius 1 is 1.25 bits per heavy atom. The number of nitrogens with zero attached hydrogens (tertiary/aromatic N) is 4. The minimum absolute atomic E-state index is 0.150. The zero-order valence-corrected chi connectivity index (χ0v) is 19.8. The van der Waals surface area contributed by atoms with E-state index in [9.17, 15) is 18.1 Å². The van der Waals surface area contributed by atoms with E-state index in [0.29, 0.717) is 12.8 Å². The number of aliphatic hydroxyl groups is 1. The van der Waals surface area contributed by atoms with Crippen molar-refractivity contribution in [2.24, 2.45) is 0 Å². The van der Waals surface area contributed by atoms with Crippen LogP contribution in [0.2, 0.25) is 0 Å². The zero-order chi connectivity index (χ0) is 22.6. The average molecular weight is 522 g/mol. The van der Waals surface area contributed by atoms with Gasteiger partial charge in [-0.25, -0.2) is 9.97 Å². The molecule has 1 saturated carbocycles. The predicted molar refractivity (Wildman–Crippen MR) is 124 cm³/mol. The van der Waals surface area contributed by atoms with E-state index in [-0.39, 0.29) is 12.1 Å². The van der Waals surface area contributed by atoms with Crippen molar-refractivity contribution in [2.75, 3.05) is 12.4 Å². The molecule has 9 nitrogen and oxygen atoms in total. The normalized spacial score (nSPS) is 25.5. The fraction of sp³-hybridized carbons (Fsp3) is 0.429. The Bertz CT molecular complexity index is 1280. The number of aliphatic hydroxyl groups excluding tert-OH is 1. The maximum Gasteiger partial charge on any atom is 0.335 e. The second-order valence-corrected chi connectivity index (χ2v) is 10.8. The summed E-state index contributed by atoms with van der Waals surface area (Å²) in [5, 5.41) is 14.9. The number of rotatable bonds is 5. The Hall–Kier alpha value is -2.05. The number of nitrogens with one attached hydrogen (secondary N) is 1. The van der Waals surface area contributed by atoms with E-state index in [4.69, 9.17) is 0 Å². The molecule has 0 bridgehead atoms. The van der Waals surface area contributed by atoms with E-state index < -0.39 is 22.4 Å². The third-order valence-corrected chi connectivity index (χ3v) is 8.47. The number of benzene rings is 1. The number of anilines is 1. The molecule has 0 unspecified atom stereocenters. The van der Waals surface area contributed by atoms with Gasteiger partial charge >= 0.3 is 10.3 Å². The summed E-state index contributed by atoms with van der Waals surface area (Å²) in [7, 11) is -3.10. The van der Waals surface area contributed by atoms with E-state index in [2.05, 4.69) is 43.3 Å². The van der Waals surface area contributed by atoms with Crippen molar-refractivity contribution < 1.29 is 18.1 Å². The maximum atomic E-state index is 11.5. The van der Waals surface area contributed by atoms with Gasteiger partial charge in [0.15, 0.2) is 0 Å². The van der Waals surface area contributed by atoms with Gasteiger partial charge in [-0.05, 0) is 48.9 Å². The van der Waals surface area contributed by atoms with Crippen LogP contribution in [-0.4, -0.2) is 56.1 Å². The van der Waals surface area contributed by atoms with Crippen molar-refractivity contribution in [1.82, 2.24) is 18.8 Å². The van der Waals surface area contributed by atoms with Crippen LogP contribution >= 0.6 is 15.9 Å². The van der Waals surface area contributed by atoms with E-state index in [1.165, 1.54) is 24.5 Å². The van der Waals surface area contributed by atoms with Crippen molar-refractivity contribution in [3.63, 3.8) is 0 Å². The van der Waals surface area contributed by atoms with Gasteiger partial charge in [-0.2, -0.15) is 12.7 Å². The highest BCUT2D eigenvalue weighted by molar-refractivity contribution is 9.10. The second kappa shape index (κ2) is 8.07. The predicted octanol–water partition coefficient (Wildman–Crippen LogP) is 3.09. The fourth-order valence-corrected chi connectivity index (χ4v) is 6.21. The van der Waals surface area contributed by atoms with Crippen molar-refractivity contribution in [3.8, 4) is 0 Å². The molecule has 2 aliphatic rings. The lowest BCUT2D eigenvalue weighted by Crippen LogP contribution is -2.41. The molecular formula is C21H24BrN5O4S. The summed E-state index contributed by atoms with van der Waals surface area (Å²) in [6.07, 6.45) is 5.25. The van der Waals surface area contributed by atoms with Crippen LogP contribution in [0.4, 0.5) is 5.82 Å². The Labute approximate surface area is 194 Å². The van der Waals surface area contributed by atoms with E-state index in [1.807, 2.05) is 22.9 Å². The summed E-state index contributed by atoms with van der Waals surface area (Å²) < 4.78 is 36.3. The molecule has 0 spiro atoms. The molecule has 2 aliphatic carbocycles. The van der Waals surface area contributed by atoms with Gasteiger partial charge in [0.25, 0.3) is 0 Å². The number of aromatic nitrogens is 3. The summed E-state index contributed by atoms with van der Waals surface area (Å²) in [5.41, 5.74) is 3.31. The number of halogens is 1. The average Bonchev–Trinajstić information content (AvgIpc) is 3.45. The lowest BCUT2D eigenvalue weighted by Gasteiger charge is -2.23. The number of hydrogen-bond donors (Lipinski definition) is 3. The standard InChI is InChI=1S/C21H24BrN5O4S/c1-26(32(29,30)31)18-9-12(10-19(18)28)27-8-7-15-20(23-11-24-21(15)27)25-17-6-5-13-14(17)3-2-4-16(13)22/h2-4,7-8,11-12,17-19,28H,5-6,9-10H2,1H3,(H,23,24,25)(H,29,30,31)/t12-,17+,18+,19+/m1/s1. The molecule has 2 heterocycles. The van der Waals surface area contributed by atoms with Crippen LogP contribution in [0.25, 0.3) is 11.0 Å². The molecule has 4 atom stereocenters. The van der Waals surface area contributed by atoms with Crippen LogP contribution in [0.3, 0.4) is 0 Å². The molecule has 11 heteroatoms. The van der Waals surface area contributed by atoms with Crippen LogP contribution in [0.15, 0.2) is 41.3 Å². The maximum absolute atomic E-state index is 11.5. The smallest absolute Gasteiger partial charge is 0.335 e. The SMILES string of the molecule is CN([C@H]1C[C@@H](n2ccc3c(N[C@H]4CCc5c(Br)cccc54)ncnc32)C[C@@H]1O)S(=O)(=O)O. The van der Waals surface area contributed by atoms with E-state index in [1.54, 1.807) is 0 Å². The Morgan fingerprint density at radius 2 is 2.06 bits per heavy atom. The van der Waals surface area contributed by atoms with Gasteiger partial charge < -0.3 is 15.0 Å². The molecular weight excluding hydrogens is 498 g/mol. The minimum Gasteiger partial charge on any atom is -0.391 e. The van der Waals surface area contributed by atoms with Gasteiger partial charge in [-0.1, -0.05) is 28.1 Å². The highest BCUT2D eigenvalue weighted by Crippen LogP contribution is 2.40. The first kappa shape index (κ1) is 21.8. The monoisotopic (exact) mass is 521 g/mol. The van der Waals surface area contributed by atoms with Crippen LogP contribution in [0.1, 0.15) is 42.5 Å². The molecule has 1 fully saturated rings. The quantitative estimate of drug-likeness (QED) is 0.441. The number of likely N-dealkylation sites (N-methyl/N-ethyl adjacent to an activating group) is 1. The van der Waals surface area contributed by atoms with Gasteiger partial charge in [-0.15, -0.1) is 0 Å². The molecule has 0 aliphatic heterocycles. The Balaban J connectivity index is 1.42. The fourth-order valence-electron chi connectivity index (χ4n) is 5.06. The zero-order valence-electron chi connectivity index (χ0n) is 17.4. The molecule has 3 N–H and O–H groups in total. The largest absolute Gasteiger partial charge is 0.391 e. The summed E-state index contributed by atoms with van der Waals surface area (Å²) in [4.78, 5) is 8.94. The van der Waals surface area contributed by atoms with Crippen LogP contribution in [-0.2, 0) is 16.7 Å². The third kappa shape index (κ3) is 3.71. The molecule has 0 amide bonds. The lowest BCUT2D eigenvalue weighted by atomic mass is 10.1. The van der Waals surface area contributed by atoms with Gasteiger partial charge in [0.1, 0.15) is 17.8 Å². The van der Waals surface area contributed by atoms with Gasteiger partial charge in [0.05, 0.1) is 23.6 Å². The molecule has 0 saturated heterocycles. The van der Waals surface area contributed by atoms with Crippen LogP contribution < -0.4 is 5.32 Å². The lowest BCUT2D eigenvalue weighted by molar-refractivity contribution is 0.117. The molecule has 32 heavy (non-hydrogen) atoms. The highest BCUT2D eigenvalue weighted by Gasteiger charge is 2.40. The highest BCUT2D eigenvalue weighted by atomic mass is 79.9. The van der Waals surface area contributed by atoms with Crippen LogP contribution in [0, 0.1) is 0 Å². The van der Waals surface area contributed by atoms with Crippen molar-refractivity contribution >= 4 is 43.1 Å². The van der Waals surface area contributed by atoms with Crippen molar-refractivity contribution in [2.45, 2.75) is 49.9 Å². The van der Waals surface area contributed by atoms with E-state index in [0.717, 1.165) is 38.5 Å². The first-order valence-corrected chi connectivity index (χ1v) is 12.7. The van der Waals surface area contributed by atoms with E-state index >= 15 is 0 Å². The first-order valence-electron chi connectivity index (χ1n) is 10.5. The number of hydrogen-bond acceptors (Lipinski definition) is 6. The topological polar surface area (TPSA) is 121 Å². The molecule has 3 aromatic rings. The summed E-state index contributed by atoms with van der Waals surface area (Å²) >= 11 is 3.64. The molecule has 2 aromatic heterocycles. The Kier molecular flexibility index (Phi) is 5.49. The summed E-state index contributed by atoms with van der Waals surface area (Å²) in [6, 6.07) is 7.50. The second-order valence-electron chi connectivity index (χ2n) is 8.48. The molecule has 0 radical (unpaired) electrons. The van der Waals surface area contributed by atoms with Crippen molar-refractivity contribution in [1.29, 1.82) is 0 Å². The summed E-state index contributed by atoms with van der Waals surface area (Å²) in [6.45, 7) is 0. The van der Waals surface area contributed by atoms with Gasteiger partial charge in [0, 0.05) is 23.8 Å². The summed E-state index contributed by atoms with van der Waals surface area (Å²) in [5.74, 6) is 0.747. The molecule has 170 valence electrons. The van der Waals surface area contributed by atoms with Crippen LogP contribution in [0.5, 0.6) is 0 Å². The molecule has 1 aromatic carbocycles. The van der Waals surface area contributed by atoms with Gasteiger partial charge in [0.2, 0.25) is 0 Å². The Morgan fingerprint density at radius 3 is 2.84 bits per heavy atom. The molecule has 5 rings (SSSR count). The minimum atomic E-state index is -4.38. The first-order chi connectivity index (χ1) is 15.2.